The number of aromatic nitrogens is 4. The van der Waals surface area contributed by atoms with Crippen LogP contribution < -0.4 is 20.3 Å². The standard InChI is InChI=1S/C31H36FN7O3/c1-20-7-10-23(11-8-20)39-27(17-26(37-39)31(2,3)4)35-30(41)34-18-21-16-22(32)9-12-25(21)42-28-13-14-33-29(36-28)38-15-5-6-24(38)19-40/h7-14,16-17,24,40H,5-6,15,18-19H2,1-4H3,(H2,34,35,41). The molecule has 1 atom stereocenters. The molecule has 0 spiro atoms. The summed E-state index contributed by atoms with van der Waals surface area (Å²) >= 11 is 0. The maximum atomic E-state index is 14.2. The summed E-state index contributed by atoms with van der Waals surface area (Å²) in [5.74, 6) is 1.13. The zero-order chi connectivity index (χ0) is 29.9. The number of rotatable bonds is 8. The van der Waals surface area contributed by atoms with Crippen molar-refractivity contribution in [2.45, 2.75) is 58.5 Å². The number of anilines is 2. The molecule has 0 saturated carbocycles. The fraction of sp³-hybridized carbons (Fsp3) is 0.355. The molecule has 2 amide bonds. The second kappa shape index (κ2) is 12.2. The number of nitrogens with zero attached hydrogens (tertiary/aromatic N) is 5. The fourth-order valence-electron chi connectivity index (χ4n) is 4.77. The largest absolute Gasteiger partial charge is 0.439 e. The Hall–Kier alpha value is -4.51. The lowest BCUT2D eigenvalue weighted by atomic mass is 9.92. The summed E-state index contributed by atoms with van der Waals surface area (Å²) in [5, 5.41) is 20.1. The molecule has 1 aliphatic rings. The molecule has 1 unspecified atom stereocenters. The number of aryl methyl sites for hydroxylation is 1. The van der Waals surface area contributed by atoms with E-state index in [2.05, 4.69) is 41.4 Å². The van der Waals surface area contributed by atoms with Gasteiger partial charge in [0.15, 0.2) is 0 Å². The average Bonchev–Trinajstić information content (AvgIpc) is 3.61. The highest BCUT2D eigenvalue weighted by Crippen LogP contribution is 2.29. The number of nitrogens with one attached hydrogen (secondary N) is 2. The number of carbonyl (C=O) groups excluding carboxylic acids is 1. The SMILES string of the molecule is Cc1ccc(-n2nc(C(C)(C)C)cc2NC(=O)NCc2cc(F)ccc2Oc2ccnc(N3CCCC3CO)n2)cc1. The Balaban J connectivity index is 1.31. The minimum Gasteiger partial charge on any atom is -0.439 e. The topological polar surface area (TPSA) is 117 Å². The summed E-state index contributed by atoms with van der Waals surface area (Å²) in [6, 6.07) is 14.9. The zero-order valence-electron chi connectivity index (χ0n) is 24.3. The van der Waals surface area contributed by atoms with E-state index in [4.69, 9.17) is 9.84 Å². The van der Waals surface area contributed by atoms with Gasteiger partial charge in [0, 0.05) is 42.4 Å². The smallest absolute Gasteiger partial charge is 0.320 e. The van der Waals surface area contributed by atoms with Gasteiger partial charge in [-0.25, -0.2) is 18.9 Å². The third kappa shape index (κ3) is 6.68. The highest BCUT2D eigenvalue weighted by Gasteiger charge is 2.26. The lowest BCUT2D eigenvalue weighted by Crippen LogP contribution is -2.33. The van der Waals surface area contributed by atoms with E-state index in [0.29, 0.717) is 23.1 Å². The van der Waals surface area contributed by atoms with Crippen LogP contribution >= 0.6 is 0 Å². The molecule has 4 aromatic rings. The zero-order valence-corrected chi connectivity index (χ0v) is 24.3. The van der Waals surface area contributed by atoms with Crippen molar-refractivity contribution in [2.24, 2.45) is 0 Å². The van der Waals surface area contributed by atoms with Crippen LogP contribution in [-0.4, -0.2) is 50.1 Å². The first-order valence-electron chi connectivity index (χ1n) is 14.0. The molecule has 0 aliphatic carbocycles. The fourth-order valence-corrected chi connectivity index (χ4v) is 4.77. The van der Waals surface area contributed by atoms with Crippen LogP contribution in [0.15, 0.2) is 60.8 Å². The number of halogens is 1. The number of amides is 2. The van der Waals surface area contributed by atoms with Gasteiger partial charge in [-0.2, -0.15) is 10.1 Å². The molecule has 0 bridgehead atoms. The van der Waals surface area contributed by atoms with E-state index in [-0.39, 0.29) is 30.5 Å². The first-order chi connectivity index (χ1) is 20.1. The Kier molecular flexibility index (Phi) is 8.39. The van der Waals surface area contributed by atoms with Crippen molar-refractivity contribution < 1.29 is 19.0 Å². The van der Waals surface area contributed by atoms with Crippen LogP contribution in [-0.2, 0) is 12.0 Å². The van der Waals surface area contributed by atoms with Gasteiger partial charge in [-0.3, -0.25) is 5.32 Å². The molecule has 220 valence electrons. The van der Waals surface area contributed by atoms with E-state index < -0.39 is 11.8 Å². The molecular formula is C31H36FN7O3. The third-order valence-electron chi connectivity index (χ3n) is 7.14. The first kappa shape index (κ1) is 29.0. The van der Waals surface area contributed by atoms with Gasteiger partial charge < -0.3 is 20.1 Å². The van der Waals surface area contributed by atoms with E-state index in [0.717, 1.165) is 36.3 Å². The molecular weight excluding hydrogens is 537 g/mol. The average molecular weight is 574 g/mol. The molecule has 2 aromatic carbocycles. The lowest BCUT2D eigenvalue weighted by Gasteiger charge is -2.23. The van der Waals surface area contributed by atoms with E-state index >= 15 is 0 Å². The highest BCUT2D eigenvalue weighted by atomic mass is 19.1. The molecule has 0 radical (unpaired) electrons. The summed E-state index contributed by atoms with van der Waals surface area (Å²) in [4.78, 5) is 23.8. The number of aliphatic hydroxyl groups excluding tert-OH is 1. The number of hydrogen-bond acceptors (Lipinski definition) is 7. The molecule has 1 fully saturated rings. The summed E-state index contributed by atoms with van der Waals surface area (Å²) < 4.78 is 22.0. The molecule has 10 nitrogen and oxygen atoms in total. The minimum absolute atomic E-state index is 0.000373. The third-order valence-corrected chi connectivity index (χ3v) is 7.14. The summed E-state index contributed by atoms with van der Waals surface area (Å²) in [7, 11) is 0. The Morgan fingerprint density at radius 2 is 1.93 bits per heavy atom. The number of aliphatic hydroxyl groups is 1. The van der Waals surface area contributed by atoms with Crippen LogP contribution in [0, 0.1) is 12.7 Å². The van der Waals surface area contributed by atoms with Crippen LogP contribution in [0.1, 0.15) is 50.4 Å². The van der Waals surface area contributed by atoms with E-state index in [9.17, 15) is 14.3 Å². The van der Waals surface area contributed by atoms with Crippen LogP contribution in [0.25, 0.3) is 5.69 Å². The maximum Gasteiger partial charge on any atom is 0.320 e. The van der Waals surface area contributed by atoms with Crippen molar-refractivity contribution in [1.29, 1.82) is 0 Å². The van der Waals surface area contributed by atoms with Gasteiger partial charge in [-0.15, -0.1) is 0 Å². The Morgan fingerprint density at radius 1 is 1.14 bits per heavy atom. The van der Waals surface area contributed by atoms with Crippen molar-refractivity contribution in [3.63, 3.8) is 0 Å². The molecule has 3 heterocycles. The van der Waals surface area contributed by atoms with Crippen molar-refractivity contribution in [3.05, 3.63) is 83.4 Å². The predicted molar refractivity (Wildman–Crippen MR) is 159 cm³/mol. The van der Waals surface area contributed by atoms with Crippen LogP contribution in [0.5, 0.6) is 11.6 Å². The molecule has 1 aliphatic heterocycles. The number of hydrogen-bond donors (Lipinski definition) is 3. The monoisotopic (exact) mass is 573 g/mol. The summed E-state index contributed by atoms with van der Waals surface area (Å²) in [6.07, 6.45) is 3.39. The second-order valence-corrected chi connectivity index (χ2v) is 11.4. The van der Waals surface area contributed by atoms with E-state index in [1.165, 1.54) is 18.2 Å². The molecule has 2 aromatic heterocycles. The number of urea groups is 1. The predicted octanol–water partition coefficient (Wildman–Crippen LogP) is 5.48. The van der Waals surface area contributed by atoms with Gasteiger partial charge in [0.1, 0.15) is 17.4 Å². The minimum atomic E-state index is -0.479. The normalized spacial score (nSPS) is 15.1. The van der Waals surface area contributed by atoms with Crippen molar-refractivity contribution >= 4 is 17.8 Å². The van der Waals surface area contributed by atoms with Gasteiger partial charge in [-0.1, -0.05) is 38.5 Å². The van der Waals surface area contributed by atoms with Crippen molar-refractivity contribution in [1.82, 2.24) is 25.1 Å². The van der Waals surface area contributed by atoms with Crippen molar-refractivity contribution in [2.75, 3.05) is 23.4 Å². The van der Waals surface area contributed by atoms with E-state index in [1.54, 1.807) is 16.9 Å². The maximum absolute atomic E-state index is 14.2. The first-order valence-corrected chi connectivity index (χ1v) is 14.0. The van der Waals surface area contributed by atoms with Crippen molar-refractivity contribution in [3.8, 4) is 17.3 Å². The molecule has 42 heavy (non-hydrogen) atoms. The van der Waals surface area contributed by atoms with Gasteiger partial charge >= 0.3 is 6.03 Å². The molecule has 3 N–H and O–H groups in total. The Morgan fingerprint density at radius 3 is 2.67 bits per heavy atom. The lowest BCUT2D eigenvalue weighted by molar-refractivity contribution is 0.251. The second-order valence-electron chi connectivity index (χ2n) is 11.4. The van der Waals surface area contributed by atoms with Gasteiger partial charge in [0.05, 0.1) is 24.0 Å². The molecule has 5 rings (SSSR count). The Labute approximate surface area is 244 Å². The summed E-state index contributed by atoms with van der Waals surface area (Å²) in [5.41, 5.74) is 2.96. The van der Waals surface area contributed by atoms with Crippen LogP contribution in [0.2, 0.25) is 0 Å². The highest BCUT2D eigenvalue weighted by molar-refractivity contribution is 5.88. The summed E-state index contributed by atoms with van der Waals surface area (Å²) in [6.45, 7) is 8.94. The van der Waals surface area contributed by atoms with Crippen LogP contribution in [0.4, 0.5) is 21.0 Å². The Bertz CT molecular complexity index is 1550. The van der Waals surface area contributed by atoms with Gasteiger partial charge in [0.25, 0.3) is 0 Å². The molecule has 11 heteroatoms. The quantitative estimate of drug-likeness (QED) is 0.255. The number of carbonyl (C=O) groups is 1. The van der Waals surface area contributed by atoms with E-state index in [1.807, 2.05) is 42.2 Å². The number of benzene rings is 2. The van der Waals surface area contributed by atoms with Crippen LogP contribution in [0.3, 0.4) is 0 Å². The van der Waals surface area contributed by atoms with Gasteiger partial charge in [-0.05, 0) is 50.1 Å². The molecule has 1 saturated heterocycles. The number of ether oxygens (including phenoxy) is 1. The van der Waals surface area contributed by atoms with Gasteiger partial charge in [0.2, 0.25) is 11.8 Å².